The van der Waals surface area contributed by atoms with Crippen molar-refractivity contribution >= 4 is 56.3 Å². The van der Waals surface area contributed by atoms with Gasteiger partial charge >= 0.3 is 11.8 Å². The highest BCUT2D eigenvalue weighted by Gasteiger charge is 2.44. The van der Waals surface area contributed by atoms with E-state index in [1.165, 1.54) is 65.4 Å². The fourth-order valence-electron chi connectivity index (χ4n) is 9.65. The van der Waals surface area contributed by atoms with Crippen molar-refractivity contribution in [2.45, 2.75) is 98.4 Å². The number of methoxy groups -OCH3 is 1. The van der Waals surface area contributed by atoms with Gasteiger partial charge in [-0.2, -0.15) is 0 Å². The zero-order valence-electron chi connectivity index (χ0n) is 40.5. The minimum atomic E-state index is -1.99. The molecule has 9 atom stereocenters. The van der Waals surface area contributed by atoms with Crippen LogP contribution >= 0.6 is 0 Å². The molecule has 68 heavy (non-hydrogen) atoms. The second-order valence-corrected chi connectivity index (χ2v) is 19.7. The summed E-state index contributed by atoms with van der Waals surface area (Å²) in [4.78, 5) is 59.9. The number of aliphatic hydroxyl groups is 3. The van der Waals surface area contributed by atoms with Gasteiger partial charge in [0.25, 0.3) is 5.91 Å². The highest BCUT2D eigenvalue weighted by atomic mass is 16.7. The molecule has 1 saturated heterocycles. The predicted molar refractivity (Wildman–Crippen MR) is 255 cm³/mol. The molecule has 0 spiro atoms. The smallest absolute Gasteiger partial charge is 0.307 e. The number of esters is 1. The van der Waals surface area contributed by atoms with Gasteiger partial charge in [-0.3, -0.25) is 19.2 Å². The van der Waals surface area contributed by atoms with Crippen LogP contribution in [0.2, 0.25) is 0 Å². The molecular weight excluding hydrogens is 879 g/mol. The van der Waals surface area contributed by atoms with E-state index in [9.17, 15) is 39.6 Å². The third-order valence-corrected chi connectivity index (χ3v) is 14.2. The zero-order chi connectivity index (χ0) is 49.7. The van der Waals surface area contributed by atoms with Crippen LogP contribution in [0.3, 0.4) is 0 Å². The molecule has 17 heteroatoms. The van der Waals surface area contributed by atoms with Crippen molar-refractivity contribution < 1.29 is 62.6 Å². The van der Waals surface area contributed by atoms with E-state index in [1.807, 2.05) is 0 Å². The minimum absolute atomic E-state index is 0.0472. The lowest BCUT2D eigenvalue weighted by molar-refractivity contribution is -0.896. The number of likely N-dealkylation sites (tertiary alicyclic amines) is 1. The molecule has 1 fully saturated rings. The van der Waals surface area contributed by atoms with Gasteiger partial charge in [-0.15, -0.1) is 0 Å². The Kier molecular flexibility index (Phi) is 14.1. The molecule has 17 nitrogen and oxygen atoms in total. The van der Waals surface area contributed by atoms with Crippen molar-refractivity contribution in [1.82, 2.24) is 4.98 Å². The zero-order valence-corrected chi connectivity index (χ0v) is 40.5. The number of hydrogen-bond acceptors (Lipinski definition) is 15. The number of aromatic nitrogens is 1. The third kappa shape index (κ3) is 9.40. The first-order valence-corrected chi connectivity index (χ1v) is 23.1. The molecule has 0 unspecified atom stereocenters. The molecule has 1 aromatic heterocycles. The Morgan fingerprint density at radius 2 is 1.65 bits per heavy atom. The van der Waals surface area contributed by atoms with Crippen LogP contribution in [0.15, 0.2) is 62.3 Å². The normalized spacial score (nSPS) is 30.1. The van der Waals surface area contributed by atoms with Crippen LogP contribution in [0.1, 0.15) is 66.9 Å². The average Bonchev–Trinajstić information content (AvgIpc) is 3.56. The summed E-state index contributed by atoms with van der Waals surface area (Å²) in [6, 6.07) is 2.81. The number of hydrogen-bond donors (Lipinski definition) is 5. The molecule has 4 bridgehead atoms. The van der Waals surface area contributed by atoms with E-state index in [1.54, 1.807) is 39.8 Å². The number of carbonyl (C=O) groups excluding carboxylic acids is 2. The average molecular weight is 943 g/mol. The second-order valence-electron chi connectivity index (χ2n) is 19.7. The van der Waals surface area contributed by atoms with Crippen LogP contribution in [0, 0.1) is 36.5 Å². The Labute approximate surface area is 393 Å². The van der Waals surface area contributed by atoms with Gasteiger partial charge in [0.05, 0.1) is 69.0 Å². The number of piperidine rings is 1. The standard InChI is InChI=1S/C51H63N3O14/c1-24-13-12-14-25(2)50(62)53-41-45(60)37-36(40-48(41)67-35-22-32(21-33(56)39(35)52-40)64-23-31-15-18-54(9,10)19-16-31)38-47(29(6)44(37)59)68-51(8,49(38)61)65-20-17-34(63-11)26(3)46(66-30(7)55)28(5)43(58)27(4)42(24)57/h12-14,17,20-22,24,26-28,31,34,42-43,46,57-58H,15-16,18-19,23H2,1-11H3,(H2-,52,53,56,59,60,61,62)/p+1/b13-12+,20-17+,25-14-/t24-,26+,27+,28+,34-,42-,43+,46+,51-/m0/s1. The first-order chi connectivity index (χ1) is 32.0. The Morgan fingerprint density at radius 1 is 0.956 bits per heavy atom. The van der Waals surface area contributed by atoms with Crippen LogP contribution in [0.25, 0.3) is 38.7 Å². The topological polar surface area (TPSA) is 233 Å². The van der Waals surface area contributed by atoms with Gasteiger partial charge in [-0.1, -0.05) is 45.9 Å². The fraction of sp³-hybridized carbons (Fsp3) is 0.510. The van der Waals surface area contributed by atoms with E-state index >= 15 is 0 Å². The van der Waals surface area contributed by atoms with Gasteiger partial charge in [0.15, 0.2) is 22.4 Å². The number of aromatic hydroxyl groups is 1. The number of rotatable bonds is 5. The quantitative estimate of drug-likeness (QED) is 0.0727. The number of aliphatic hydroxyl groups excluding tert-OH is 3. The molecule has 3 aromatic carbocycles. The molecule has 5 N–H and O–H groups in total. The van der Waals surface area contributed by atoms with Crippen LogP contribution < -0.4 is 30.9 Å². The number of amides is 1. The summed E-state index contributed by atoms with van der Waals surface area (Å²) in [5, 5.41) is 49.2. The fourth-order valence-corrected chi connectivity index (χ4v) is 9.65. The van der Waals surface area contributed by atoms with Gasteiger partial charge in [0.2, 0.25) is 10.9 Å². The van der Waals surface area contributed by atoms with E-state index < -0.39 is 93.8 Å². The number of fused-ring (bicyclic) bond motifs is 2. The minimum Gasteiger partial charge on any atom is -0.507 e. The first-order valence-electron chi connectivity index (χ1n) is 23.1. The molecule has 4 heterocycles. The van der Waals surface area contributed by atoms with Gasteiger partial charge in [-0.05, 0) is 19.9 Å². The summed E-state index contributed by atoms with van der Waals surface area (Å²) in [6.07, 6.45) is 5.41. The lowest BCUT2D eigenvalue weighted by atomic mass is 9.78. The summed E-state index contributed by atoms with van der Waals surface area (Å²) in [7, 11) is 5.82. The number of nitrogens with one attached hydrogen (secondary N) is 1. The molecule has 7 rings (SSSR count). The van der Waals surface area contributed by atoms with Crippen molar-refractivity contribution in [2.24, 2.45) is 29.6 Å². The number of anilines is 1. The molecule has 3 aliphatic rings. The molecule has 4 aromatic rings. The molecular formula is C51H64N3O14+. The molecule has 366 valence electrons. The molecule has 1 amide bonds. The predicted octanol–water partition coefficient (Wildman–Crippen LogP) is 5.43. The Morgan fingerprint density at radius 3 is 2.31 bits per heavy atom. The number of carbonyl (C=O) groups is 2. The number of nitrogens with zero attached hydrogens (tertiary/aromatic N) is 2. The molecule has 0 saturated carbocycles. The summed E-state index contributed by atoms with van der Waals surface area (Å²) in [5.41, 5.74) is -2.30. The van der Waals surface area contributed by atoms with E-state index in [2.05, 4.69) is 19.4 Å². The third-order valence-electron chi connectivity index (χ3n) is 14.2. The van der Waals surface area contributed by atoms with Crippen molar-refractivity contribution in [2.75, 3.05) is 46.2 Å². The lowest BCUT2D eigenvalue weighted by Crippen LogP contribution is -2.46. The van der Waals surface area contributed by atoms with Crippen LogP contribution in [0.4, 0.5) is 5.69 Å². The maximum Gasteiger partial charge on any atom is 0.307 e. The highest BCUT2D eigenvalue weighted by Crippen LogP contribution is 2.42. The van der Waals surface area contributed by atoms with E-state index in [0.717, 1.165) is 30.4 Å². The number of phenolic OH excluding ortho intramolecular Hbond substituents is 1. The first kappa shape index (κ1) is 49.9. The Hall–Kier alpha value is -6.01. The molecule has 0 aliphatic carbocycles. The van der Waals surface area contributed by atoms with Crippen LogP contribution in [-0.4, -0.2) is 113 Å². The number of ether oxygens (including phenoxy) is 5. The highest BCUT2D eigenvalue weighted by molar-refractivity contribution is 6.16. The van der Waals surface area contributed by atoms with Gasteiger partial charge < -0.3 is 58.3 Å². The monoisotopic (exact) mass is 942 g/mol. The van der Waals surface area contributed by atoms with E-state index in [0.29, 0.717) is 6.61 Å². The summed E-state index contributed by atoms with van der Waals surface area (Å²) >= 11 is 0. The van der Waals surface area contributed by atoms with Crippen molar-refractivity contribution in [3.8, 4) is 17.2 Å². The SMILES string of the molecule is CO[C@H]1/C=C/O[C@@]2(C)Oc3c(C)c(O)c4c(=O)c(c5oc6cc(OCC7CC[N+](C)(C)CC7)cc(=O)c6nc5c4c3=C2O)NC(=O)/C(C)=C\C=C\[C@H](C)[C@H](O)[C@@H](C)[C@@H](O)[C@@H](C)[C@H](OC(C)=O)[C@@H]1C. The summed E-state index contributed by atoms with van der Waals surface area (Å²) < 4.78 is 37.5. The number of allylic oxidation sites excluding steroid dienone is 2. The van der Waals surface area contributed by atoms with Crippen molar-refractivity contribution in [1.29, 1.82) is 0 Å². The Balaban J connectivity index is 1.44. The second kappa shape index (κ2) is 19.2. The van der Waals surface area contributed by atoms with Crippen LogP contribution in [-0.2, 0) is 23.8 Å². The summed E-state index contributed by atoms with van der Waals surface area (Å²) in [6.45, 7) is 14.9. The van der Waals surface area contributed by atoms with Gasteiger partial charge in [0.1, 0.15) is 34.6 Å². The number of phenols is 1. The lowest BCUT2D eigenvalue weighted by Gasteiger charge is -2.38. The largest absolute Gasteiger partial charge is 0.507 e. The van der Waals surface area contributed by atoms with Crippen molar-refractivity contribution in [3.63, 3.8) is 0 Å². The molecule has 0 radical (unpaired) electrons. The van der Waals surface area contributed by atoms with Crippen molar-refractivity contribution in [3.05, 3.63) is 79.5 Å². The van der Waals surface area contributed by atoms with E-state index in [-0.39, 0.29) is 66.7 Å². The van der Waals surface area contributed by atoms with Gasteiger partial charge in [-0.25, -0.2) is 4.98 Å². The van der Waals surface area contributed by atoms with E-state index in [4.69, 9.17) is 33.1 Å². The maximum atomic E-state index is 14.8. The Bertz CT molecular complexity index is 2910. The summed E-state index contributed by atoms with van der Waals surface area (Å²) in [5.74, 6) is -6.50. The number of benzene rings is 3. The number of quaternary nitrogens is 1. The molecule has 3 aliphatic heterocycles. The van der Waals surface area contributed by atoms with Gasteiger partial charge in [0, 0.05) is 92.0 Å². The maximum absolute atomic E-state index is 14.8. The van der Waals surface area contributed by atoms with Crippen LogP contribution in [0.5, 0.6) is 17.2 Å².